The summed E-state index contributed by atoms with van der Waals surface area (Å²) < 4.78 is 19.0. The molecule has 2 heterocycles. The van der Waals surface area contributed by atoms with E-state index in [0.717, 1.165) is 11.3 Å². The van der Waals surface area contributed by atoms with Crippen LogP contribution in [0.25, 0.3) is 6.08 Å². The molecule has 2 aromatic carbocycles. The van der Waals surface area contributed by atoms with Gasteiger partial charge >= 0.3 is 5.97 Å². The normalized spacial score (nSPS) is 15.2. The number of hydrogen-bond acceptors (Lipinski definition) is 8. The molecule has 0 saturated carbocycles. The molecule has 37 heavy (non-hydrogen) atoms. The standard InChI is InChI=1S/C28H31N3O5S/c1-7-35-25-20(10-9-11-21(25)34-6)24-23(27(33)36-8-2)17(3)29-28-31(24)26(32)22(37-28)16-18-12-14-19(15-13-18)30(4)5/h9-16,24H,7-8H2,1-6H3/b22-16+. The third-order valence-corrected chi connectivity index (χ3v) is 7.02. The first kappa shape index (κ1) is 26.2. The van der Waals surface area contributed by atoms with Crippen LogP contribution in [0.1, 0.15) is 37.9 Å². The van der Waals surface area contributed by atoms with Crippen molar-refractivity contribution in [3.8, 4) is 11.5 Å². The van der Waals surface area contributed by atoms with E-state index in [1.807, 2.05) is 68.4 Å². The molecule has 1 aromatic heterocycles. The summed E-state index contributed by atoms with van der Waals surface area (Å²) in [6.07, 6.45) is 1.85. The Bertz CT molecular complexity index is 1520. The van der Waals surface area contributed by atoms with E-state index in [0.29, 0.717) is 44.3 Å². The van der Waals surface area contributed by atoms with Gasteiger partial charge in [0.25, 0.3) is 5.56 Å². The average Bonchev–Trinajstić information content (AvgIpc) is 3.18. The molecule has 1 atom stereocenters. The molecule has 1 aliphatic heterocycles. The fraction of sp³-hybridized carbons (Fsp3) is 0.321. The summed E-state index contributed by atoms with van der Waals surface area (Å²) in [6, 6.07) is 12.6. The number of thiazole rings is 1. The summed E-state index contributed by atoms with van der Waals surface area (Å²) in [4.78, 5) is 34.2. The highest BCUT2D eigenvalue weighted by molar-refractivity contribution is 7.07. The smallest absolute Gasteiger partial charge is 0.338 e. The summed E-state index contributed by atoms with van der Waals surface area (Å²) >= 11 is 1.29. The third-order valence-electron chi connectivity index (χ3n) is 6.04. The molecule has 0 N–H and O–H groups in total. The van der Waals surface area contributed by atoms with Gasteiger partial charge in [0.15, 0.2) is 16.3 Å². The number of nitrogens with zero attached hydrogens (tertiary/aromatic N) is 3. The molecule has 1 aliphatic rings. The molecule has 0 radical (unpaired) electrons. The molecule has 1 unspecified atom stereocenters. The lowest BCUT2D eigenvalue weighted by Gasteiger charge is -2.26. The van der Waals surface area contributed by atoms with Crippen molar-refractivity contribution < 1.29 is 19.0 Å². The number of carbonyl (C=O) groups is 1. The summed E-state index contributed by atoms with van der Waals surface area (Å²) in [7, 11) is 5.51. The number of esters is 1. The molecule has 8 nitrogen and oxygen atoms in total. The fourth-order valence-corrected chi connectivity index (χ4v) is 5.36. The van der Waals surface area contributed by atoms with Gasteiger partial charge in [0, 0.05) is 25.3 Å². The van der Waals surface area contributed by atoms with E-state index < -0.39 is 12.0 Å². The largest absolute Gasteiger partial charge is 0.493 e. The van der Waals surface area contributed by atoms with Crippen molar-refractivity contribution in [3.05, 3.63) is 84.5 Å². The van der Waals surface area contributed by atoms with E-state index in [2.05, 4.69) is 4.99 Å². The van der Waals surface area contributed by atoms with Gasteiger partial charge in [-0.25, -0.2) is 9.79 Å². The fourth-order valence-electron chi connectivity index (χ4n) is 4.31. The van der Waals surface area contributed by atoms with Crippen LogP contribution in [-0.4, -0.2) is 45.0 Å². The lowest BCUT2D eigenvalue weighted by Crippen LogP contribution is -2.40. The van der Waals surface area contributed by atoms with Gasteiger partial charge in [-0.1, -0.05) is 35.6 Å². The van der Waals surface area contributed by atoms with Crippen molar-refractivity contribution in [1.29, 1.82) is 0 Å². The minimum atomic E-state index is -0.787. The average molecular weight is 522 g/mol. The number of methoxy groups -OCH3 is 1. The number of allylic oxidation sites excluding steroid dienone is 1. The Balaban J connectivity index is 1.97. The van der Waals surface area contributed by atoms with Gasteiger partial charge < -0.3 is 19.1 Å². The SMILES string of the molecule is CCOC(=O)C1=C(C)N=c2s/c(=C/c3ccc(N(C)C)cc3)c(=O)n2C1c1cccc(OC)c1OCC. The summed E-state index contributed by atoms with van der Waals surface area (Å²) in [5.74, 6) is 0.468. The van der Waals surface area contributed by atoms with Crippen molar-refractivity contribution in [2.24, 2.45) is 4.99 Å². The zero-order valence-corrected chi connectivity index (χ0v) is 22.7. The summed E-state index contributed by atoms with van der Waals surface area (Å²) in [5, 5.41) is 0. The van der Waals surface area contributed by atoms with E-state index in [9.17, 15) is 9.59 Å². The van der Waals surface area contributed by atoms with Crippen LogP contribution in [0.2, 0.25) is 0 Å². The van der Waals surface area contributed by atoms with Gasteiger partial charge in [-0.3, -0.25) is 9.36 Å². The lowest BCUT2D eigenvalue weighted by atomic mass is 9.94. The maximum atomic E-state index is 13.9. The summed E-state index contributed by atoms with van der Waals surface area (Å²) in [5.41, 5.74) is 3.13. The first-order valence-electron chi connectivity index (χ1n) is 12.1. The Labute approximate surface area is 219 Å². The van der Waals surface area contributed by atoms with Crippen molar-refractivity contribution >= 4 is 29.1 Å². The summed E-state index contributed by atoms with van der Waals surface area (Å²) in [6.45, 7) is 5.96. The second kappa shape index (κ2) is 11.0. The molecule has 0 bridgehead atoms. The number of rotatable bonds is 8. The first-order chi connectivity index (χ1) is 17.8. The van der Waals surface area contributed by atoms with Crippen molar-refractivity contribution in [1.82, 2.24) is 4.57 Å². The highest BCUT2D eigenvalue weighted by atomic mass is 32.1. The maximum Gasteiger partial charge on any atom is 0.338 e. The van der Waals surface area contributed by atoms with E-state index in [1.54, 1.807) is 31.6 Å². The Kier molecular flexibility index (Phi) is 7.83. The molecular weight excluding hydrogens is 490 g/mol. The molecule has 0 aliphatic carbocycles. The van der Waals surface area contributed by atoms with Crippen LogP contribution < -0.4 is 29.3 Å². The topological polar surface area (TPSA) is 82.4 Å². The zero-order valence-electron chi connectivity index (χ0n) is 21.9. The Morgan fingerprint density at radius 3 is 2.49 bits per heavy atom. The van der Waals surface area contributed by atoms with Gasteiger partial charge in [-0.2, -0.15) is 0 Å². The van der Waals surface area contributed by atoms with Crippen molar-refractivity contribution in [2.45, 2.75) is 26.8 Å². The van der Waals surface area contributed by atoms with Gasteiger partial charge in [0.05, 0.1) is 36.1 Å². The van der Waals surface area contributed by atoms with Crippen LogP contribution in [-0.2, 0) is 9.53 Å². The van der Waals surface area contributed by atoms with Gasteiger partial charge in [-0.05, 0) is 50.6 Å². The predicted molar refractivity (Wildman–Crippen MR) is 145 cm³/mol. The number of fused-ring (bicyclic) bond motifs is 1. The minimum absolute atomic E-state index is 0.201. The number of anilines is 1. The monoisotopic (exact) mass is 521 g/mol. The molecule has 9 heteroatoms. The van der Waals surface area contributed by atoms with Gasteiger partial charge in [0.2, 0.25) is 0 Å². The number of carbonyl (C=O) groups excluding carboxylic acids is 1. The number of ether oxygens (including phenoxy) is 3. The van der Waals surface area contributed by atoms with Crippen molar-refractivity contribution in [3.63, 3.8) is 0 Å². The van der Waals surface area contributed by atoms with Crippen molar-refractivity contribution in [2.75, 3.05) is 39.3 Å². The Morgan fingerprint density at radius 1 is 1.14 bits per heavy atom. The van der Waals surface area contributed by atoms with E-state index in [-0.39, 0.29) is 12.2 Å². The molecule has 194 valence electrons. The Hall–Kier alpha value is -3.85. The first-order valence-corrected chi connectivity index (χ1v) is 12.9. The molecule has 4 rings (SSSR count). The van der Waals surface area contributed by atoms with Crippen LogP contribution in [0.4, 0.5) is 5.69 Å². The maximum absolute atomic E-state index is 13.9. The van der Waals surface area contributed by atoms with Gasteiger partial charge in [0.1, 0.15) is 6.04 Å². The van der Waals surface area contributed by atoms with E-state index in [1.165, 1.54) is 11.3 Å². The highest BCUT2D eigenvalue weighted by Gasteiger charge is 2.35. The quantitative estimate of drug-likeness (QED) is 0.423. The highest BCUT2D eigenvalue weighted by Crippen LogP contribution is 2.40. The number of hydrogen-bond donors (Lipinski definition) is 0. The zero-order chi connectivity index (χ0) is 26.7. The molecular formula is C28H31N3O5S. The van der Waals surface area contributed by atoms with Crippen LogP contribution >= 0.6 is 11.3 Å². The third kappa shape index (κ3) is 5.04. The number of benzene rings is 2. The molecule has 0 spiro atoms. The number of para-hydroxylation sites is 1. The van der Waals surface area contributed by atoms with Crippen LogP contribution in [0, 0.1) is 0 Å². The second-order valence-corrected chi connectivity index (χ2v) is 9.61. The minimum Gasteiger partial charge on any atom is -0.493 e. The van der Waals surface area contributed by atoms with Gasteiger partial charge in [-0.15, -0.1) is 0 Å². The molecule has 0 amide bonds. The molecule has 0 saturated heterocycles. The number of aromatic nitrogens is 1. The van der Waals surface area contributed by atoms with Crippen LogP contribution in [0.5, 0.6) is 11.5 Å². The lowest BCUT2D eigenvalue weighted by molar-refractivity contribution is -0.139. The molecule has 0 fully saturated rings. The van der Waals surface area contributed by atoms with E-state index >= 15 is 0 Å². The van der Waals surface area contributed by atoms with Crippen LogP contribution in [0.15, 0.2) is 63.5 Å². The van der Waals surface area contributed by atoms with E-state index in [4.69, 9.17) is 14.2 Å². The second-order valence-electron chi connectivity index (χ2n) is 8.60. The predicted octanol–water partition coefficient (Wildman–Crippen LogP) is 3.27. The molecule has 3 aromatic rings. The van der Waals surface area contributed by atoms with Crippen LogP contribution in [0.3, 0.4) is 0 Å². The Morgan fingerprint density at radius 2 is 1.86 bits per heavy atom.